The van der Waals surface area contributed by atoms with Crippen LogP contribution in [0.4, 0.5) is 0 Å². The average Bonchev–Trinajstić information content (AvgIpc) is 2.02. The molecule has 0 saturated heterocycles. The van der Waals surface area contributed by atoms with Crippen LogP contribution < -0.4 is 0 Å². The zero-order chi connectivity index (χ0) is 9.98. The minimum Gasteiger partial charge on any atom is -0.346 e. The van der Waals surface area contributed by atoms with Crippen molar-refractivity contribution in [1.82, 2.24) is 0 Å². The van der Waals surface area contributed by atoms with Gasteiger partial charge in [0.15, 0.2) is 0 Å². The van der Waals surface area contributed by atoms with Gasteiger partial charge in [-0.05, 0) is 6.92 Å². The minimum atomic E-state index is 0. The van der Waals surface area contributed by atoms with Crippen molar-refractivity contribution < 1.29 is 30.8 Å². The summed E-state index contributed by atoms with van der Waals surface area (Å²) >= 11 is 0. The molecule has 0 aliphatic carbocycles. The normalized spacial score (nSPS) is 10.5. The van der Waals surface area contributed by atoms with Crippen molar-refractivity contribution in [2.75, 3.05) is 13.2 Å². The molecule has 0 heterocycles. The van der Waals surface area contributed by atoms with E-state index in [4.69, 9.17) is 9.78 Å². The Bertz CT molecular complexity index is 103. The maximum Gasteiger partial charge on any atom is 2.00 e. The Morgan fingerprint density at radius 2 is 1.85 bits per heavy atom. The zero-order valence-corrected chi connectivity index (χ0v) is 11.8. The van der Waals surface area contributed by atoms with Gasteiger partial charge in [-0.1, -0.05) is 19.1 Å². The van der Waals surface area contributed by atoms with Crippen LogP contribution in [0.25, 0.3) is 0 Å². The van der Waals surface area contributed by atoms with E-state index < -0.39 is 0 Å². The Hall–Kier alpha value is 0.348. The maximum atomic E-state index is 4.78. The monoisotopic (exact) mass is 356 g/mol. The summed E-state index contributed by atoms with van der Waals surface area (Å²) < 4.78 is 0. The van der Waals surface area contributed by atoms with Gasteiger partial charge in [0, 0.05) is 0 Å². The smallest absolute Gasteiger partial charge is 0.346 e. The average molecular weight is 356 g/mol. The molecule has 0 bridgehead atoms. The fourth-order valence-corrected chi connectivity index (χ4v) is 0.307. The summed E-state index contributed by atoms with van der Waals surface area (Å²) in [6.45, 7) is 17.2. The molecule has 0 aliphatic rings. The zero-order valence-electron chi connectivity index (χ0n) is 8.84. The van der Waals surface area contributed by atoms with Gasteiger partial charge < -0.3 is 13.8 Å². The Kier molecular flexibility index (Phi) is 21.7. The SMILES string of the molecule is C=C(C)COOCC([CH2-])C.[CH2-]C.[W+2]. The van der Waals surface area contributed by atoms with Gasteiger partial charge in [-0.15, -0.1) is 5.92 Å². The fraction of sp³-hybridized carbons (Fsp3) is 0.600. The molecule has 0 aromatic heterocycles. The summed E-state index contributed by atoms with van der Waals surface area (Å²) in [4.78, 5) is 9.55. The largest absolute Gasteiger partial charge is 2.00 e. The van der Waals surface area contributed by atoms with Crippen LogP contribution in [-0.2, 0) is 30.8 Å². The van der Waals surface area contributed by atoms with E-state index in [1.54, 1.807) is 6.92 Å². The standard InChI is InChI=1S/C8H15O2.C2H5.W/c1-7(2)5-9-10-6-8(3)4;1-2;/h7H,1,3,5-6H2,2,4H3;1H2,2H3;/q2*-1;+2. The van der Waals surface area contributed by atoms with Crippen LogP contribution in [0.1, 0.15) is 20.8 Å². The Labute approximate surface area is 96.9 Å². The third kappa shape index (κ3) is 24.5. The van der Waals surface area contributed by atoms with E-state index in [1.165, 1.54) is 0 Å². The molecule has 1 atom stereocenters. The molecule has 0 spiro atoms. The fourth-order valence-electron chi connectivity index (χ4n) is 0.307. The molecule has 13 heavy (non-hydrogen) atoms. The first-order chi connectivity index (χ1) is 5.63. The van der Waals surface area contributed by atoms with Gasteiger partial charge in [-0.25, -0.2) is 9.78 Å². The molecule has 0 aromatic carbocycles. The van der Waals surface area contributed by atoms with E-state index in [9.17, 15) is 0 Å². The van der Waals surface area contributed by atoms with Crippen molar-refractivity contribution in [2.45, 2.75) is 20.8 Å². The molecule has 0 amide bonds. The number of hydrogen-bond acceptors (Lipinski definition) is 2. The first-order valence-electron chi connectivity index (χ1n) is 4.05. The minimum absolute atomic E-state index is 0. The van der Waals surface area contributed by atoms with E-state index >= 15 is 0 Å². The molecule has 0 aromatic rings. The summed E-state index contributed by atoms with van der Waals surface area (Å²) in [5.41, 5.74) is 0.955. The van der Waals surface area contributed by atoms with Crippen LogP contribution in [0.5, 0.6) is 0 Å². The van der Waals surface area contributed by atoms with Crippen LogP contribution in [0, 0.1) is 19.8 Å². The van der Waals surface area contributed by atoms with Gasteiger partial charge >= 0.3 is 21.1 Å². The van der Waals surface area contributed by atoms with Gasteiger partial charge in [0.05, 0.1) is 6.61 Å². The Balaban J connectivity index is -0.000000309. The predicted octanol–water partition coefficient (Wildman–Crippen LogP) is 2.82. The first-order valence-corrected chi connectivity index (χ1v) is 4.05. The van der Waals surface area contributed by atoms with Crippen molar-refractivity contribution in [3.05, 3.63) is 26.0 Å². The van der Waals surface area contributed by atoms with E-state index in [-0.39, 0.29) is 27.0 Å². The molecule has 78 valence electrons. The second-order valence-corrected chi connectivity index (χ2v) is 2.61. The van der Waals surface area contributed by atoms with E-state index in [0.29, 0.717) is 13.2 Å². The summed E-state index contributed by atoms with van der Waals surface area (Å²) in [6.07, 6.45) is 0. The molecular formula is C10H20O2W. The molecule has 0 aliphatic heterocycles. The van der Waals surface area contributed by atoms with Gasteiger partial charge in [-0.3, -0.25) is 0 Å². The number of rotatable bonds is 5. The predicted molar refractivity (Wildman–Crippen MR) is 52.3 cm³/mol. The van der Waals surface area contributed by atoms with E-state index in [2.05, 4.69) is 20.4 Å². The summed E-state index contributed by atoms with van der Waals surface area (Å²) in [5.74, 6) is 0.269. The number of hydrogen-bond donors (Lipinski definition) is 0. The van der Waals surface area contributed by atoms with Gasteiger partial charge in [0.2, 0.25) is 0 Å². The summed E-state index contributed by atoms with van der Waals surface area (Å²) in [5, 5.41) is 0. The van der Waals surface area contributed by atoms with Crippen molar-refractivity contribution >= 4 is 0 Å². The van der Waals surface area contributed by atoms with Crippen LogP contribution in [0.2, 0.25) is 0 Å². The Morgan fingerprint density at radius 3 is 2.15 bits per heavy atom. The van der Waals surface area contributed by atoms with E-state index in [0.717, 1.165) is 5.57 Å². The van der Waals surface area contributed by atoms with Gasteiger partial charge in [0.25, 0.3) is 0 Å². The Morgan fingerprint density at radius 1 is 1.38 bits per heavy atom. The third-order valence-corrected chi connectivity index (χ3v) is 0.741. The third-order valence-electron chi connectivity index (χ3n) is 0.741. The molecule has 1 unspecified atom stereocenters. The molecule has 3 heteroatoms. The van der Waals surface area contributed by atoms with Gasteiger partial charge in [0.1, 0.15) is 6.61 Å². The summed E-state index contributed by atoms with van der Waals surface area (Å²) in [7, 11) is 0. The van der Waals surface area contributed by atoms with Gasteiger partial charge in [-0.2, -0.15) is 6.92 Å². The van der Waals surface area contributed by atoms with Crippen LogP contribution >= 0.6 is 0 Å². The molecule has 0 N–H and O–H groups in total. The van der Waals surface area contributed by atoms with Crippen LogP contribution in [0.3, 0.4) is 0 Å². The maximum absolute atomic E-state index is 4.78. The van der Waals surface area contributed by atoms with Crippen molar-refractivity contribution in [3.8, 4) is 0 Å². The van der Waals surface area contributed by atoms with E-state index in [1.807, 2.05) is 13.8 Å². The topological polar surface area (TPSA) is 18.5 Å². The van der Waals surface area contributed by atoms with Crippen LogP contribution in [-0.4, -0.2) is 13.2 Å². The quantitative estimate of drug-likeness (QED) is 0.248. The molecule has 2 nitrogen and oxygen atoms in total. The second kappa shape index (κ2) is 14.9. The molecule has 0 rings (SSSR count). The van der Waals surface area contributed by atoms with Crippen molar-refractivity contribution in [2.24, 2.45) is 5.92 Å². The molecule has 0 saturated carbocycles. The summed E-state index contributed by atoms with van der Waals surface area (Å²) in [6, 6.07) is 0. The van der Waals surface area contributed by atoms with Crippen molar-refractivity contribution in [3.63, 3.8) is 0 Å². The first kappa shape index (κ1) is 19.0. The molecular weight excluding hydrogens is 336 g/mol. The van der Waals surface area contributed by atoms with Crippen LogP contribution in [0.15, 0.2) is 12.2 Å². The second-order valence-electron chi connectivity index (χ2n) is 2.61. The molecule has 0 radical (unpaired) electrons. The van der Waals surface area contributed by atoms with Crippen molar-refractivity contribution in [1.29, 1.82) is 0 Å². The molecule has 0 fully saturated rings.